The second-order valence-electron chi connectivity index (χ2n) is 4.55. The second-order valence-corrected chi connectivity index (χ2v) is 4.55. The van der Waals surface area contributed by atoms with Crippen LogP contribution in [0, 0.1) is 6.92 Å². The van der Waals surface area contributed by atoms with Crippen LogP contribution in [0.2, 0.25) is 0 Å². The first-order valence-corrected chi connectivity index (χ1v) is 6.01. The van der Waals surface area contributed by atoms with Crippen LogP contribution in [0.15, 0.2) is 18.3 Å². The van der Waals surface area contributed by atoms with Gasteiger partial charge in [0.15, 0.2) is 0 Å². The molecule has 0 aliphatic heterocycles. The summed E-state index contributed by atoms with van der Waals surface area (Å²) in [6.07, 6.45) is 1.73. The van der Waals surface area contributed by atoms with Crippen LogP contribution in [0.4, 0.5) is 0 Å². The largest absolute Gasteiger partial charge is 0.350 e. The molecule has 1 unspecified atom stereocenters. The summed E-state index contributed by atoms with van der Waals surface area (Å²) in [5.74, 6) is -0.0740. The van der Waals surface area contributed by atoms with Crippen molar-refractivity contribution in [2.45, 2.75) is 19.9 Å². The number of hydrogen-bond donors (Lipinski definition) is 3. The van der Waals surface area contributed by atoms with Gasteiger partial charge in [0.2, 0.25) is 0 Å². The van der Waals surface area contributed by atoms with Crippen LogP contribution in [0.5, 0.6) is 0 Å². The highest BCUT2D eigenvalue weighted by Crippen LogP contribution is 2.18. The molecule has 1 amide bonds. The number of hydrogen-bond acceptors (Lipinski definition) is 3. The van der Waals surface area contributed by atoms with Crippen molar-refractivity contribution in [3.63, 3.8) is 0 Å². The van der Waals surface area contributed by atoms with E-state index in [9.17, 15) is 4.79 Å². The van der Waals surface area contributed by atoms with Gasteiger partial charge in [0.1, 0.15) is 0 Å². The van der Waals surface area contributed by atoms with E-state index in [4.69, 9.17) is 0 Å². The first-order chi connectivity index (χ1) is 8.61. The number of likely N-dealkylation sites (N-methyl/N-ethyl adjacent to an activating group) is 1. The molecule has 0 aliphatic rings. The van der Waals surface area contributed by atoms with E-state index < -0.39 is 0 Å². The lowest BCUT2D eigenvalue weighted by atomic mass is 10.1. The van der Waals surface area contributed by atoms with E-state index in [1.807, 2.05) is 33.0 Å². The van der Waals surface area contributed by atoms with Gasteiger partial charge in [0.05, 0.1) is 17.3 Å². The highest BCUT2D eigenvalue weighted by atomic mass is 16.1. The van der Waals surface area contributed by atoms with E-state index in [0.717, 1.165) is 16.5 Å². The Bertz CT molecular complexity index is 561. The molecule has 0 fully saturated rings. The lowest BCUT2D eigenvalue weighted by Gasteiger charge is -2.12. The molecule has 0 bridgehead atoms. The lowest BCUT2D eigenvalue weighted by molar-refractivity contribution is 0.0952. The van der Waals surface area contributed by atoms with Crippen molar-refractivity contribution >= 4 is 16.8 Å². The number of amides is 1. The van der Waals surface area contributed by atoms with E-state index in [1.54, 1.807) is 6.20 Å². The predicted molar refractivity (Wildman–Crippen MR) is 71.7 cm³/mol. The molecule has 5 nitrogen and oxygen atoms in total. The van der Waals surface area contributed by atoms with Gasteiger partial charge in [-0.3, -0.25) is 9.89 Å². The quantitative estimate of drug-likeness (QED) is 0.759. The molecule has 5 heteroatoms. The van der Waals surface area contributed by atoms with Gasteiger partial charge in [0, 0.05) is 18.0 Å². The Morgan fingerprint density at radius 2 is 2.28 bits per heavy atom. The highest BCUT2D eigenvalue weighted by molar-refractivity contribution is 6.05. The van der Waals surface area contributed by atoms with Crippen molar-refractivity contribution in [3.8, 4) is 0 Å². The predicted octanol–water partition coefficient (Wildman–Crippen LogP) is 1.21. The maximum Gasteiger partial charge on any atom is 0.253 e. The van der Waals surface area contributed by atoms with Gasteiger partial charge in [-0.2, -0.15) is 5.10 Å². The van der Waals surface area contributed by atoms with Gasteiger partial charge < -0.3 is 10.6 Å². The number of carbonyl (C=O) groups excluding carboxylic acids is 1. The molecular weight excluding hydrogens is 228 g/mol. The summed E-state index contributed by atoms with van der Waals surface area (Å²) in [6.45, 7) is 4.58. The molecule has 18 heavy (non-hydrogen) atoms. The summed E-state index contributed by atoms with van der Waals surface area (Å²) >= 11 is 0. The maximum absolute atomic E-state index is 12.1. The molecule has 0 spiro atoms. The third kappa shape index (κ3) is 2.51. The number of fused-ring (bicyclic) bond motifs is 1. The van der Waals surface area contributed by atoms with Crippen molar-refractivity contribution in [2.24, 2.45) is 0 Å². The zero-order valence-corrected chi connectivity index (χ0v) is 10.9. The third-order valence-electron chi connectivity index (χ3n) is 3.00. The SMILES string of the molecule is CNC(C)CNC(=O)c1cc(C)cc2cn[nH]c12. The van der Waals surface area contributed by atoms with Crippen LogP contribution in [0.1, 0.15) is 22.8 Å². The molecule has 1 heterocycles. The number of aryl methyl sites for hydroxylation is 1. The van der Waals surface area contributed by atoms with Crippen molar-refractivity contribution in [3.05, 3.63) is 29.5 Å². The Labute approximate surface area is 106 Å². The summed E-state index contributed by atoms with van der Waals surface area (Å²) in [5.41, 5.74) is 2.48. The zero-order chi connectivity index (χ0) is 13.1. The van der Waals surface area contributed by atoms with Gasteiger partial charge >= 0.3 is 0 Å². The van der Waals surface area contributed by atoms with Gasteiger partial charge in [-0.15, -0.1) is 0 Å². The van der Waals surface area contributed by atoms with Crippen LogP contribution in [0.3, 0.4) is 0 Å². The van der Waals surface area contributed by atoms with Crippen molar-refractivity contribution < 1.29 is 4.79 Å². The summed E-state index contributed by atoms with van der Waals surface area (Å²) in [6, 6.07) is 4.13. The zero-order valence-electron chi connectivity index (χ0n) is 10.9. The minimum Gasteiger partial charge on any atom is -0.350 e. The van der Waals surface area contributed by atoms with E-state index in [-0.39, 0.29) is 11.9 Å². The molecule has 0 saturated heterocycles. The van der Waals surface area contributed by atoms with E-state index in [0.29, 0.717) is 12.1 Å². The summed E-state index contributed by atoms with van der Waals surface area (Å²) in [5, 5.41) is 13.8. The second kappa shape index (κ2) is 5.18. The molecule has 2 aromatic rings. The molecule has 96 valence electrons. The number of aromatic nitrogens is 2. The summed E-state index contributed by atoms with van der Waals surface area (Å²) in [4.78, 5) is 12.1. The minimum absolute atomic E-state index is 0.0740. The molecule has 1 atom stereocenters. The number of benzene rings is 1. The smallest absolute Gasteiger partial charge is 0.253 e. The third-order valence-corrected chi connectivity index (χ3v) is 3.00. The summed E-state index contributed by atoms with van der Waals surface area (Å²) in [7, 11) is 1.87. The van der Waals surface area contributed by atoms with Gasteiger partial charge in [-0.1, -0.05) is 0 Å². The van der Waals surface area contributed by atoms with Crippen LogP contribution >= 0.6 is 0 Å². The van der Waals surface area contributed by atoms with E-state index in [2.05, 4.69) is 20.8 Å². The van der Waals surface area contributed by atoms with Gasteiger partial charge in [-0.05, 0) is 38.6 Å². The molecule has 3 N–H and O–H groups in total. The minimum atomic E-state index is -0.0740. The van der Waals surface area contributed by atoms with Crippen LogP contribution in [-0.4, -0.2) is 35.7 Å². The number of carbonyl (C=O) groups is 1. The fourth-order valence-electron chi connectivity index (χ4n) is 1.83. The summed E-state index contributed by atoms with van der Waals surface area (Å²) < 4.78 is 0. The van der Waals surface area contributed by atoms with Crippen molar-refractivity contribution in [1.82, 2.24) is 20.8 Å². The molecule has 0 aliphatic carbocycles. The Hall–Kier alpha value is -1.88. The fourth-order valence-corrected chi connectivity index (χ4v) is 1.83. The first kappa shape index (κ1) is 12.6. The Balaban J connectivity index is 2.24. The van der Waals surface area contributed by atoms with Crippen molar-refractivity contribution in [1.29, 1.82) is 0 Å². The monoisotopic (exact) mass is 246 g/mol. The van der Waals surface area contributed by atoms with Gasteiger partial charge in [0.25, 0.3) is 5.91 Å². The van der Waals surface area contributed by atoms with Crippen molar-refractivity contribution in [2.75, 3.05) is 13.6 Å². The number of nitrogens with zero attached hydrogens (tertiary/aromatic N) is 1. The lowest BCUT2D eigenvalue weighted by Crippen LogP contribution is -2.37. The number of H-pyrrole nitrogens is 1. The Kier molecular flexibility index (Phi) is 3.62. The fraction of sp³-hybridized carbons (Fsp3) is 0.385. The number of nitrogens with one attached hydrogen (secondary N) is 3. The topological polar surface area (TPSA) is 69.8 Å². The van der Waals surface area contributed by atoms with Crippen LogP contribution in [0.25, 0.3) is 10.9 Å². The average Bonchev–Trinajstić information content (AvgIpc) is 2.82. The van der Waals surface area contributed by atoms with E-state index >= 15 is 0 Å². The van der Waals surface area contributed by atoms with E-state index in [1.165, 1.54) is 0 Å². The average molecular weight is 246 g/mol. The highest BCUT2D eigenvalue weighted by Gasteiger charge is 2.12. The maximum atomic E-state index is 12.1. The molecule has 2 rings (SSSR count). The molecular formula is C13H18N4O. The standard InChI is InChI=1S/C13H18N4O/c1-8-4-10-7-16-17-12(10)11(5-8)13(18)15-6-9(2)14-3/h4-5,7,9,14H,6H2,1-3H3,(H,15,18)(H,16,17). The number of aromatic amines is 1. The number of rotatable bonds is 4. The Morgan fingerprint density at radius 3 is 3.00 bits per heavy atom. The molecule has 1 aromatic carbocycles. The van der Waals surface area contributed by atoms with Crippen LogP contribution in [-0.2, 0) is 0 Å². The van der Waals surface area contributed by atoms with Gasteiger partial charge in [-0.25, -0.2) is 0 Å². The normalized spacial score (nSPS) is 12.6. The molecule has 1 aromatic heterocycles. The van der Waals surface area contributed by atoms with Crippen LogP contribution < -0.4 is 10.6 Å². The molecule has 0 saturated carbocycles. The molecule has 0 radical (unpaired) electrons. The Morgan fingerprint density at radius 1 is 1.50 bits per heavy atom. The first-order valence-electron chi connectivity index (χ1n) is 6.01.